The van der Waals surface area contributed by atoms with Crippen molar-refractivity contribution in [1.29, 1.82) is 0 Å². The number of benzene rings is 1. The normalized spacial score (nSPS) is 18.9. The maximum Gasteiger partial charge on any atom is 0.242 e. The van der Waals surface area contributed by atoms with Gasteiger partial charge in [-0.3, -0.25) is 10.1 Å². The third-order valence-electron chi connectivity index (χ3n) is 2.14. The summed E-state index contributed by atoms with van der Waals surface area (Å²) < 4.78 is 12.6. The largest absolute Gasteiger partial charge is 0.325 e. The van der Waals surface area contributed by atoms with Gasteiger partial charge in [0.15, 0.2) is 0 Å². The van der Waals surface area contributed by atoms with Gasteiger partial charge in [-0.25, -0.2) is 4.39 Å². The van der Waals surface area contributed by atoms with Gasteiger partial charge in [-0.05, 0) is 24.3 Å². The number of amides is 1. The smallest absolute Gasteiger partial charge is 0.242 e. The molecule has 16 heavy (non-hydrogen) atoms. The number of anilines is 1. The van der Waals surface area contributed by atoms with Crippen LogP contribution in [-0.4, -0.2) is 23.6 Å². The third-order valence-corrected chi connectivity index (χ3v) is 3.08. The van der Waals surface area contributed by atoms with Crippen LogP contribution in [0, 0.1) is 5.82 Å². The Kier molecular flexibility index (Phi) is 5.05. The van der Waals surface area contributed by atoms with Crippen LogP contribution in [0.1, 0.15) is 0 Å². The zero-order chi connectivity index (χ0) is 10.7. The Balaban J connectivity index is 0.00000128. The first-order valence-electron chi connectivity index (χ1n) is 4.63. The van der Waals surface area contributed by atoms with Crippen LogP contribution in [0.4, 0.5) is 10.1 Å². The lowest BCUT2D eigenvalue weighted by Crippen LogP contribution is -2.37. The number of hydrogen-bond donors (Lipinski definition) is 2. The molecule has 0 saturated carbocycles. The van der Waals surface area contributed by atoms with Gasteiger partial charge in [0.2, 0.25) is 5.91 Å². The summed E-state index contributed by atoms with van der Waals surface area (Å²) in [5.41, 5.74) is 0.625. The average molecular weight is 263 g/mol. The van der Waals surface area contributed by atoms with Crippen molar-refractivity contribution in [3.05, 3.63) is 30.1 Å². The van der Waals surface area contributed by atoms with Crippen molar-refractivity contribution < 1.29 is 9.18 Å². The Morgan fingerprint density at radius 1 is 1.44 bits per heavy atom. The van der Waals surface area contributed by atoms with Gasteiger partial charge in [0.05, 0.1) is 6.04 Å². The van der Waals surface area contributed by atoms with Gasteiger partial charge in [0.25, 0.3) is 0 Å². The summed E-state index contributed by atoms with van der Waals surface area (Å²) in [7, 11) is 0. The van der Waals surface area contributed by atoms with Crippen LogP contribution in [0.5, 0.6) is 0 Å². The minimum Gasteiger partial charge on any atom is -0.325 e. The average Bonchev–Trinajstić information content (AvgIpc) is 2.74. The highest BCUT2D eigenvalue weighted by molar-refractivity contribution is 7.99. The molecular formula is C10H12ClFN2OS. The van der Waals surface area contributed by atoms with Crippen LogP contribution in [0.15, 0.2) is 24.3 Å². The Bertz CT molecular complexity index is 354. The lowest BCUT2D eigenvalue weighted by Gasteiger charge is -2.10. The predicted octanol–water partition coefficient (Wildman–Crippen LogP) is 1.85. The molecule has 1 aliphatic rings. The summed E-state index contributed by atoms with van der Waals surface area (Å²) in [4.78, 5) is 11.6. The second-order valence-corrected chi connectivity index (χ2v) is 4.30. The van der Waals surface area contributed by atoms with E-state index in [-0.39, 0.29) is 30.2 Å². The number of thioether (sulfide) groups is 1. The fourth-order valence-electron chi connectivity index (χ4n) is 1.33. The van der Waals surface area contributed by atoms with E-state index >= 15 is 0 Å². The molecule has 0 bridgehead atoms. The molecule has 1 aromatic carbocycles. The second kappa shape index (κ2) is 6.08. The Morgan fingerprint density at radius 2 is 2.12 bits per heavy atom. The summed E-state index contributed by atoms with van der Waals surface area (Å²) >= 11 is 1.69. The topological polar surface area (TPSA) is 41.1 Å². The van der Waals surface area contributed by atoms with Crippen LogP contribution in [-0.2, 0) is 4.79 Å². The first-order chi connectivity index (χ1) is 7.25. The first kappa shape index (κ1) is 13.3. The SMILES string of the molecule is Cl.O=C(Nc1ccc(F)cc1)C1CSCN1. The maximum atomic E-state index is 12.6. The number of hydrogen-bond acceptors (Lipinski definition) is 3. The van der Waals surface area contributed by atoms with E-state index in [1.54, 1.807) is 23.9 Å². The van der Waals surface area contributed by atoms with E-state index < -0.39 is 0 Å². The van der Waals surface area contributed by atoms with Crippen molar-refractivity contribution in [2.45, 2.75) is 6.04 Å². The molecule has 1 amide bonds. The maximum absolute atomic E-state index is 12.6. The van der Waals surface area contributed by atoms with E-state index in [1.807, 2.05) is 0 Å². The zero-order valence-electron chi connectivity index (χ0n) is 8.40. The quantitative estimate of drug-likeness (QED) is 0.855. The zero-order valence-corrected chi connectivity index (χ0v) is 10.0. The van der Waals surface area contributed by atoms with Gasteiger partial charge >= 0.3 is 0 Å². The van der Waals surface area contributed by atoms with Crippen LogP contribution in [0.3, 0.4) is 0 Å². The van der Waals surface area contributed by atoms with Crippen LogP contribution < -0.4 is 10.6 Å². The molecule has 1 fully saturated rings. The van der Waals surface area contributed by atoms with Gasteiger partial charge in [-0.1, -0.05) is 0 Å². The third kappa shape index (κ3) is 3.37. The predicted molar refractivity (Wildman–Crippen MR) is 66.5 cm³/mol. The molecule has 1 aromatic rings. The summed E-state index contributed by atoms with van der Waals surface area (Å²) in [6, 6.07) is 5.61. The van der Waals surface area contributed by atoms with E-state index in [0.717, 1.165) is 11.6 Å². The molecule has 0 radical (unpaired) electrons. The minimum atomic E-state index is -0.303. The van der Waals surface area contributed by atoms with E-state index in [1.165, 1.54) is 12.1 Å². The number of rotatable bonds is 2. The molecule has 1 heterocycles. The minimum absolute atomic E-state index is 0. The Hall–Kier alpha value is -0.780. The van der Waals surface area contributed by atoms with Gasteiger partial charge in [0.1, 0.15) is 5.82 Å². The highest BCUT2D eigenvalue weighted by Crippen LogP contribution is 2.13. The van der Waals surface area contributed by atoms with Crippen LogP contribution in [0.2, 0.25) is 0 Å². The van der Waals surface area contributed by atoms with Crippen molar-refractivity contribution in [3.63, 3.8) is 0 Å². The Morgan fingerprint density at radius 3 is 2.69 bits per heavy atom. The van der Waals surface area contributed by atoms with E-state index in [9.17, 15) is 9.18 Å². The molecule has 2 rings (SSSR count). The fraction of sp³-hybridized carbons (Fsp3) is 0.300. The molecule has 1 saturated heterocycles. The molecule has 0 aliphatic carbocycles. The summed E-state index contributed by atoms with van der Waals surface area (Å²) in [5, 5.41) is 5.79. The van der Waals surface area contributed by atoms with Crippen molar-refractivity contribution in [2.24, 2.45) is 0 Å². The van der Waals surface area contributed by atoms with Crippen LogP contribution >= 0.6 is 24.2 Å². The molecule has 0 aromatic heterocycles. The molecule has 3 nitrogen and oxygen atoms in total. The fourth-order valence-corrected chi connectivity index (χ4v) is 2.27. The molecular weight excluding hydrogens is 251 g/mol. The lowest BCUT2D eigenvalue weighted by molar-refractivity contribution is -0.117. The summed E-state index contributed by atoms with van der Waals surface area (Å²) in [6.07, 6.45) is 0. The molecule has 1 aliphatic heterocycles. The first-order valence-corrected chi connectivity index (χ1v) is 5.79. The van der Waals surface area contributed by atoms with Crippen molar-refractivity contribution in [1.82, 2.24) is 5.32 Å². The van der Waals surface area contributed by atoms with Gasteiger partial charge in [0, 0.05) is 17.3 Å². The number of carbonyl (C=O) groups excluding carboxylic acids is 1. The van der Waals surface area contributed by atoms with Gasteiger partial charge in [-0.2, -0.15) is 0 Å². The molecule has 2 N–H and O–H groups in total. The molecule has 1 atom stereocenters. The lowest BCUT2D eigenvalue weighted by atomic mass is 10.2. The monoisotopic (exact) mass is 262 g/mol. The number of halogens is 2. The Labute approximate surface area is 104 Å². The van der Waals surface area contributed by atoms with Gasteiger partial charge in [-0.15, -0.1) is 24.2 Å². The van der Waals surface area contributed by atoms with E-state index in [0.29, 0.717) is 5.69 Å². The summed E-state index contributed by atoms with van der Waals surface area (Å²) in [5.74, 6) is 1.23. The van der Waals surface area contributed by atoms with Crippen molar-refractivity contribution in [3.8, 4) is 0 Å². The van der Waals surface area contributed by atoms with E-state index in [4.69, 9.17) is 0 Å². The molecule has 88 valence electrons. The van der Waals surface area contributed by atoms with Gasteiger partial charge < -0.3 is 5.32 Å². The van der Waals surface area contributed by atoms with Crippen molar-refractivity contribution in [2.75, 3.05) is 16.9 Å². The standard InChI is InChI=1S/C10H11FN2OS.ClH/c11-7-1-3-8(4-2-7)13-10(14)9-5-15-6-12-9;/h1-4,9,12H,5-6H2,(H,13,14);1H. The number of carbonyl (C=O) groups is 1. The van der Waals surface area contributed by atoms with Crippen LogP contribution in [0.25, 0.3) is 0 Å². The number of nitrogens with one attached hydrogen (secondary N) is 2. The highest BCUT2D eigenvalue weighted by atomic mass is 35.5. The second-order valence-electron chi connectivity index (χ2n) is 3.27. The molecule has 1 unspecified atom stereocenters. The molecule has 0 spiro atoms. The van der Waals surface area contributed by atoms with E-state index in [2.05, 4.69) is 10.6 Å². The summed E-state index contributed by atoms with van der Waals surface area (Å²) in [6.45, 7) is 0. The molecule has 6 heteroatoms. The van der Waals surface area contributed by atoms with Crippen molar-refractivity contribution >= 4 is 35.8 Å². The highest BCUT2D eigenvalue weighted by Gasteiger charge is 2.22.